The fourth-order valence-corrected chi connectivity index (χ4v) is 1.35. The molecule has 4 nitrogen and oxygen atoms in total. The first-order chi connectivity index (χ1) is 7.68. The highest BCUT2D eigenvalue weighted by Crippen LogP contribution is 2.24. The minimum Gasteiger partial charge on any atom is -0.508 e. The van der Waals surface area contributed by atoms with E-state index >= 15 is 0 Å². The highest BCUT2D eigenvalue weighted by atomic mass is 16.3. The summed E-state index contributed by atoms with van der Waals surface area (Å²) in [5.41, 5.74) is 1.67. The molecular formula is C12H11NO3. The van der Waals surface area contributed by atoms with Crippen molar-refractivity contribution >= 4 is 11.6 Å². The van der Waals surface area contributed by atoms with Crippen LogP contribution in [0.4, 0.5) is 5.69 Å². The minimum absolute atomic E-state index is 0.157. The second-order valence-corrected chi connectivity index (χ2v) is 3.42. The van der Waals surface area contributed by atoms with Gasteiger partial charge >= 0.3 is 0 Å². The summed E-state index contributed by atoms with van der Waals surface area (Å²) in [6.45, 7) is 1.74. The lowest BCUT2D eigenvalue weighted by molar-refractivity contribution is 0.102. The van der Waals surface area contributed by atoms with Gasteiger partial charge in [0.25, 0.3) is 5.91 Å². The molecule has 0 fully saturated rings. The Labute approximate surface area is 92.5 Å². The number of carbonyl (C=O) groups is 1. The lowest BCUT2D eigenvalue weighted by Crippen LogP contribution is -2.11. The summed E-state index contributed by atoms with van der Waals surface area (Å²) >= 11 is 0. The second-order valence-electron chi connectivity index (χ2n) is 3.42. The van der Waals surface area contributed by atoms with Gasteiger partial charge in [0.15, 0.2) is 0 Å². The van der Waals surface area contributed by atoms with Crippen LogP contribution in [0.5, 0.6) is 5.75 Å². The van der Waals surface area contributed by atoms with Gasteiger partial charge in [-0.1, -0.05) is 6.07 Å². The average Bonchev–Trinajstić information content (AvgIpc) is 2.78. The molecule has 16 heavy (non-hydrogen) atoms. The molecular weight excluding hydrogens is 206 g/mol. The van der Waals surface area contributed by atoms with Crippen molar-refractivity contribution in [2.24, 2.45) is 0 Å². The molecule has 2 aromatic rings. The lowest BCUT2D eigenvalue weighted by Gasteiger charge is -2.08. The van der Waals surface area contributed by atoms with Crippen LogP contribution in [-0.4, -0.2) is 11.0 Å². The van der Waals surface area contributed by atoms with Gasteiger partial charge < -0.3 is 14.8 Å². The van der Waals surface area contributed by atoms with E-state index in [1.165, 1.54) is 12.5 Å². The minimum atomic E-state index is -0.262. The summed E-state index contributed by atoms with van der Waals surface area (Å²) < 4.78 is 4.82. The van der Waals surface area contributed by atoms with E-state index in [2.05, 4.69) is 5.32 Å². The molecule has 0 aliphatic heterocycles. The topological polar surface area (TPSA) is 62.5 Å². The molecule has 2 rings (SSSR count). The molecule has 0 saturated heterocycles. The van der Waals surface area contributed by atoms with Crippen LogP contribution in [0, 0.1) is 6.92 Å². The monoisotopic (exact) mass is 217 g/mol. The third-order valence-electron chi connectivity index (χ3n) is 2.34. The molecule has 1 aromatic heterocycles. The fourth-order valence-electron chi connectivity index (χ4n) is 1.35. The van der Waals surface area contributed by atoms with Crippen molar-refractivity contribution in [2.45, 2.75) is 6.92 Å². The molecule has 1 heterocycles. The van der Waals surface area contributed by atoms with Crippen molar-refractivity contribution in [3.05, 3.63) is 47.9 Å². The van der Waals surface area contributed by atoms with Gasteiger partial charge in [-0.25, -0.2) is 0 Å². The molecule has 1 amide bonds. The van der Waals surface area contributed by atoms with Gasteiger partial charge in [-0.3, -0.25) is 4.79 Å². The van der Waals surface area contributed by atoms with Gasteiger partial charge in [0, 0.05) is 11.3 Å². The van der Waals surface area contributed by atoms with Gasteiger partial charge in [0.05, 0.1) is 11.8 Å². The zero-order chi connectivity index (χ0) is 11.5. The van der Waals surface area contributed by atoms with Crippen LogP contribution in [0.3, 0.4) is 0 Å². The summed E-state index contributed by atoms with van der Waals surface area (Å²) in [7, 11) is 0. The standard InChI is InChI=1S/C12H11NO3/c1-8-10(3-2-4-11(8)14)13-12(15)9-5-6-16-7-9/h2-7,14H,1H3,(H,13,15). The van der Waals surface area contributed by atoms with Gasteiger partial charge in [0.1, 0.15) is 12.0 Å². The zero-order valence-corrected chi connectivity index (χ0v) is 8.73. The Kier molecular flexibility index (Phi) is 2.64. The number of phenolic OH excluding ortho intramolecular Hbond substituents is 1. The molecule has 0 aliphatic rings. The quantitative estimate of drug-likeness (QED) is 0.812. The van der Waals surface area contributed by atoms with Crippen LogP contribution in [0.2, 0.25) is 0 Å². The number of benzene rings is 1. The van der Waals surface area contributed by atoms with Gasteiger partial charge in [0.2, 0.25) is 0 Å². The van der Waals surface area contributed by atoms with Crippen molar-refractivity contribution < 1.29 is 14.3 Å². The Morgan fingerprint density at radius 2 is 2.19 bits per heavy atom. The third-order valence-corrected chi connectivity index (χ3v) is 2.34. The summed E-state index contributed by atoms with van der Waals surface area (Å²) in [5.74, 6) is -0.104. The molecule has 4 heteroatoms. The van der Waals surface area contributed by atoms with Crippen LogP contribution in [0.15, 0.2) is 41.2 Å². The van der Waals surface area contributed by atoms with Crippen molar-refractivity contribution in [1.82, 2.24) is 0 Å². The van der Waals surface area contributed by atoms with E-state index < -0.39 is 0 Å². The number of nitrogens with one attached hydrogen (secondary N) is 1. The maximum absolute atomic E-state index is 11.7. The Morgan fingerprint density at radius 3 is 2.88 bits per heavy atom. The SMILES string of the molecule is Cc1c(O)cccc1NC(=O)c1ccoc1. The number of hydrogen-bond donors (Lipinski definition) is 2. The van der Waals surface area contributed by atoms with Crippen LogP contribution in [0.25, 0.3) is 0 Å². The van der Waals surface area contributed by atoms with Crippen LogP contribution < -0.4 is 5.32 Å². The molecule has 0 unspecified atom stereocenters. The van der Waals surface area contributed by atoms with Crippen molar-refractivity contribution in [1.29, 1.82) is 0 Å². The number of aromatic hydroxyl groups is 1. The van der Waals surface area contributed by atoms with Gasteiger partial charge in [-0.15, -0.1) is 0 Å². The zero-order valence-electron chi connectivity index (χ0n) is 8.73. The number of furan rings is 1. The van der Waals surface area contributed by atoms with Crippen LogP contribution >= 0.6 is 0 Å². The Morgan fingerprint density at radius 1 is 1.38 bits per heavy atom. The van der Waals surface area contributed by atoms with Crippen molar-refractivity contribution in [3.8, 4) is 5.75 Å². The first-order valence-corrected chi connectivity index (χ1v) is 4.80. The molecule has 2 N–H and O–H groups in total. The maximum atomic E-state index is 11.7. The molecule has 0 bridgehead atoms. The highest BCUT2D eigenvalue weighted by Gasteiger charge is 2.09. The van der Waals surface area contributed by atoms with E-state index in [0.29, 0.717) is 16.8 Å². The fraction of sp³-hybridized carbons (Fsp3) is 0.0833. The molecule has 1 aromatic carbocycles. The predicted molar refractivity (Wildman–Crippen MR) is 59.5 cm³/mol. The Hall–Kier alpha value is -2.23. The van der Waals surface area contributed by atoms with Crippen LogP contribution in [-0.2, 0) is 0 Å². The Balaban J connectivity index is 2.22. The highest BCUT2D eigenvalue weighted by molar-refractivity contribution is 6.04. The van der Waals surface area contributed by atoms with E-state index in [-0.39, 0.29) is 11.7 Å². The van der Waals surface area contributed by atoms with Gasteiger partial charge in [-0.05, 0) is 25.1 Å². The number of rotatable bonds is 2. The van der Waals surface area contributed by atoms with E-state index in [4.69, 9.17) is 4.42 Å². The number of carbonyl (C=O) groups excluding carboxylic acids is 1. The lowest BCUT2D eigenvalue weighted by atomic mass is 10.1. The summed E-state index contributed by atoms with van der Waals surface area (Å²) in [6, 6.07) is 6.55. The number of amides is 1. The summed E-state index contributed by atoms with van der Waals surface area (Å²) in [5, 5.41) is 12.2. The normalized spacial score (nSPS) is 10.1. The smallest absolute Gasteiger partial charge is 0.258 e. The van der Waals surface area contributed by atoms with E-state index in [1.54, 1.807) is 31.2 Å². The van der Waals surface area contributed by atoms with Gasteiger partial charge in [-0.2, -0.15) is 0 Å². The maximum Gasteiger partial charge on any atom is 0.258 e. The molecule has 0 radical (unpaired) electrons. The van der Waals surface area contributed by atoms with Crippen molar-refractivity contribution in [2.75, 3.05) is 5.32 Å². The number of phenols is 1. The summed E-state index contributed by atoms with van der Waals surface area (Å²) in [4.78, 5) is 11.7. The van der Waals surface area contributed by atoms with Crippen molar-refractivity contribution in [3.63, 3.8) is 0 Å². The number of anilines is 1. The molecule has 0 saturated carbocycles. The van der Waals surface area contributed by atoms with E-state index in [1.807, 2.05) is 0 Å². The third kappa shape index (κ3) is 1.91. The predicted octanol–water partition coefficient (Wildman–Crippen LogP) is 2.55. The molecule has 0 spiro atoms. The van der Waals surface area contributed by atoms with E-state index in [0.717, 1.165) is 0 Å². The largest absolute Gasteiger partial charge is 0.508 e. The first-order valence-electron chi connectivity index (χ1n) is 4.80. The average molecular weight is 217 g/mol. The molecule has 0 aliphatic carbocycles. The van der Waals surface area contributed by atoms with Crippen LogP contribution in [0.1, 0.15) is 15.9 Å². The molecule has 0 atom stereocenters. The number of hydrogen-bond acceptors (Lipinski definition) is 3. The summed E-state index contributed by atoms with van der Waals surface area (Å²) in [6.07, 6.45) is 2.80. The first kappa shape index (κ1) is 10.3. The second kappa shape index (κ2) is 4.10. The van der Waals surface area contributed by atoms with E-state index in [9.17, 15) is 9.90 Å². The molecule has 82 valence electrons. The Bertz CT molecular complexity index is 503.